The van der Waals surface area contributed by atoms with Gasteiger partial charge >= 0.3 is 0 Å². The van der Waals surface area contributed by atoms with E-state index in [2.05, 4.69) is 5.18 Å². The number of nitrogens with zero attached hydrogens (tertiary/aromatic N) is 2. The zero-order chi connectivity index (χ0) is 22.4. The standard InChI is InChI=1S/C21H22N2O8/c1-9-16(19(27)14-3-4-15(22-29)31-14)20(28)18-12(25)7-11(24)17(21(18)30-9)10-5-6-23(2)8-13(10)26/h3-4,7,10,13,19,24-27H,5-6,8H2,1-2H3. The Kier molecular flexibility index (Phi) is 5.29. The number of nitroso groups, excluding NO2 is 1. The first-order chi connectivity index (χ1) is 14.7. The van der Waals surface area contributed by atoms with E-state index >= 15 is 0 Å². The molecule has 4 rings (SSSR count). The smallest absolute Gasteiger partial charge is 0.260 e. The Morgan fingerprint density at radius 3 is 2.61 bits per heavy atom. The average Bonchev–Trinajstić information content (AvgIpc) is 3.18. The average molecular weight is 430 g/mol. The van der Waals surface area contributed by atoms with Crippen molar-refractivity contribution in [1.29, 1.82) is 0 Å². The van der Waals surface area contributed by atoms with Crippen LogP contribution >= 0.6 is 0 Å². The minimum absolute atomic E-state index is 0.0377. The fourth-order valence-electron chi connectivity index (χ4n) is 4.26. The molecule has 10 nitrogen and oxygen atoms in total. The largest absolute Gasteiger partial charge is 0.507 e. The van der Waals surface area contributed by atoms with Crippen LogP contribution in [-0.2, 0) is 0 Å². The minimum Gasteiger partial charge on any atom is -0.507 e. The summed E-state index contributed by atoms with van der Waals surface area (Å²) in [7, 11) is 1.87. The van der Waals surface area contributed by atoms with Crippen molar-refractivity contribution >= 4 is 16.9 Å². The van der Waals surface area contributed by atoms with Crippen molar-refractivity contribution in [2.24, 2.45) is 5.18 Å². The zero-order valence-electron chi connectivity index (χ0n) is 16.9. The number of β-amino-alcohol motifs (C(OH)–C–C–N with tert-alkyl or cyclic N) is 1. The lowest BCUT2D eigenvalue weighted by atomic mass is 9.85. The van der Waals surface area contributed by atoms with Gasteiger partial charge in [-0.05, 0) is 33.0 Å². The molecule has 0 bridgehead atoms. The Balaban J connectivity index is 1.92. The van der Waals surface area contributed by atoms with Crippen LogP contribution in [0.25, 0.3) is 11.0 Å². The van der Waals surface area contributed by atoms with Crippen molar-refractivity contribution in [3.8, 4) is 11.5 Å². The summed E-state index contributed by atoms with van der Waals surface area (Å²) in [5, 5.41) is 44.6. The topological polar surface area (TPSA) is 157 Å². The number of benzene rings is 1. The highest BCUT2D eigenvalue weighted by Gasteiger charge is 2.34. The molecule has 0 aliphatic carbocycles. The molecule has 0 radical (unpaired) electrons. The maximum absolute atomic E-state index is 13.3. The molecule has 164 valence electrons. The summed E-state index contributed by atoms with van der Waals surface area (Å²) < 4.78 is 11.0. The molecule has 2 aromatic heterocycles. The summed E-state index contributed by atoms with van der Waals surface area (Å²) in [5.41, 5.74) is -0.709. The van der Waals surface area contributed by atoms with E-state index in [1.807, 2.05) is 11.9 Å². The molecule has 3 aromatic rings. The molecule has 3 unspecified atom stereocenters. The summed E-state index contributed by atoms with van der Waals surface area (Å²) >= 11 is 0. The number of aliphatic hydroxyl groups excluding tert-OH is 2. The van der Waals surface area contributed by atoms with Crippen LogP contribution in [-0.4, -0.2) is 51.6 Å². The first-order valence-electron chi connectivity index (χ1n) is 9.72. The lowest BCUT2D eigenvalue weighted by Gasteiger charge is -2.34. The van der Waals surface area contributed by atoms with Crippen molar-refractivity contribution < 1.29 is 29.3 Å². The van der Waals surface area contributed by atoms with Gasteiger partial charge in [-0.15, -0.1) is 4.91 Å². The van der Waals surface area contributed by atoms with Crippen molar-refractivity contribution in [1.82, 2.24) is 4.90 Å². The van der Waals surface area contributed by atoms with E-state index in [0.717, 1.165) is 6.07 Å². The van der Waals surface area contributed by atoms with Gasteiger partial charge in [0, 0.05) is 35.3 Å². The fraction of sp³-hybridized carbons (Fsp3) is 0.381. The third kappa shape index (κ3) is 3.48. The number of furan rings is 1. The molecule has 0 spiro atoms. The quantitative estimate of drug-likeness (QED) is 0.456. The molecular weight excluding hydrogens is 408 g/mol. The number of fused-ring (bicyclic) bond motifs is 1. The van der Waals surface area contributed by atoms with Crippen molar-refractivity contribution in [3.05, 3.63) is 56.0 Å². The van der Waals surface area contributed by atoms with Crippen LogP contribution in [0, 0.1) is 11.8 Å². The molecule has 1 aliphatic rings. The maximum atomic E-state index is 13.3. The lowest BCUT2D eigenvalue weighted by molar-refractivity contribution is 0.0630. The summed E-state index contributed by atoms with van der Waals surface area (Å²) in [6, 6.07) is 3.59. The highest BCUT2D eigenvalue weighted by molar-refractivity contribution is 5.89. The third-order valence-corrected chi connectivity index (χ3v) is 5.78. The van der Waals surface area contributed by atoms with Crippen LogP contribution in [0.1, 0.15) is 41.1 Å². The van der Waals surface area contributed by atoms with E-state index in [0.29, 0.717) is 19.5 Å². The molecule has 4 N–H and O–H groups in total. The van der Waals surface area contributed by atoms with Gasteiger partial charge in [0.2, 0.25) is 5.43 Å². The second-order valence-corrected chi connectivity index (χ2v) is 7.83. The van der Waals surface area contributed by atoms with Gasteiger partial charge in [0.1, 0.15) is 40.1 Å². The number of piperidine rings is 1. The van der Waals surface area contributed by atoms with Crippen LogP contribution in [0.5, 0.6) is 11.5 Å². The highest BCUT2D eigenvalue weighted by Crippen LogP contribution is 2.42. The number of aryl methyl sites for hydroxylation is 1. The first kappa shape index (κ1) is 21.0. The Morgan fingerprint density at radius 1 is 1.23 bits per heavy atom. The third-order valence-electron chi connectivity index (χ3n) is 5.78. The molecule has 31 heavy (non-hydrogen) atoms. The van der Waals surface area contributed by atoms with Gasteiger partial charge in [0.05, 0.1) is 11.7 Å². The number of likely N-dealkylation sites (N-methyl/N-ethyl adjacent to an activating group) is 1. The van der Waals surface area contributed by atoms with E-state index in [9.17, 15) is 30.1 Å². The number of aliphatic hydroxyl groups is 2. The van der Waals surface area contributed by atoms with Crippen LogP contribution in [0.4, 0.5) is 5.88 Å². The zero-order valence-corrected chi connectivity index (χ0v) is 16.9. The number of phenols is 2. The van der Waals surface area contributed by atoms with Gasteiger partial charge in [-0.1, -0.05) is 0 Å². The van der Waals surface area contributed by atoms with Crippen molar-refractivity contribution in [2.75, 3.05) is 20.1 Å². The van der Waals surface area contributed by atoms with Crippen LogP contribution in [0.15, 0.2) is 37.0 Å². The van der Waals surface area contributed by atoms with E-state index in [1.54, 1.807) is 0 Å². The number of likely N-dealkylation sites (tertiary alicyclic amines) is 1. The van der Waals surface area contributed by atoms with Gasteiger partial charge in [-0.2, -0.15) is 0 Å². The number of aromatic hydroxyl groups is 2. The first-order valence-corrected chi connectivity index (χ1v) is 9.72. The fourth-order valence-corrected chi connectivity index (χ4v) is 4.26. The summed E-state index contributed by atoms with van der Waals surface area (Å²) in [4.78, 5) is 25.8. The van der Waals surface area contributed by atoms with Crippen molar-refractivity contribution in [2.45, 2.75) is 31.5 Å². The van der Waals surface area contributed by atoms with Gasteiger partial charge < -0.3 is 34.2 Å². The van der Waals surface area contributed by atoms with Crippen LogP contribution < -0.4 is 5.43 Å². The second kappa shape index (κ2) is 7.80. The summed E-state index contributed by atoms with van der Waals surface area (Å²) in [6.07, 6.45) is -1.88. The molecule has 3 atom stereocenters. The van der Waals surface area contributed by atoms with Gasteiger partial charge in [-0.3, -0.25) is 4.79 Å². The molecule has 0 amide bonds. The van der Waals surface area contributed by atoms with Crippen LogP contribution in [0.2, 0.25) is 0 Å². The Labute approximate surface area is 175 Å². The lowest BCUT2D eigenvalue weighted by Crippen LogP contribution is -2.40. The monoisotopic (exact) mass is 430 g/mol. The molecule has 1 aromatic carbocycles. The second-order valence-electron chi connectivity index (χ2n) is 7.83. The molecule has 1 saturated heterocycles. The molecule has 1 fully saturated rings. The Hall–Kier alpha value is -3.21. The maximum Gasteiger partial charge on any atom is 0.260 e. The summed E-state index contributed by atoms with van der Waals surface area (Å²) in [5.74, 6) is -1.63. The molecule has 1 aliphatic heterocycles. The predicted molar refractivity (Wildman–Crippen MR) is 110 cm³/mol. The Bertz CT molecular complexity index is 1210. The number of phenolic OH excluding ortho intramolecular Hbond substituents is 2. The van der Waals surface area contributed by atoms with Gasteiger partial charge in [-0.25, -0.2) is 0 Å². The molecular formula is C21H22N2O8. The van der Waals surface area contributed by atoms with Gasteiger partial charge in [0.25, 0.3) is 5.88 Å². The number of hydrogen-bond acceptors (Lipinski definition) is 10. The Morgan fingerprint density at radius 2 is 1.97 bits per heavy atom. The van der Waals surface area contributed by atoms with Gasteiger partial charge in [0.15, 0.2) is 0 Å². The highest BCUT2D eigenvalue weighted by atomic mass is 16.4. The molecule has 3 heterocycles. The minimum atomic E-state index is -1.57. The predicted octanol–water partition coefficient (Wildman–Crippen LogP) is 2.37. The van der Waals surface area contributed by atoms with E-state index < -0.39 is 29.3 Å². The SMILES string of the molecule is Cc1oc2c(C3CCN(C)CC3O)c(O)cc(O)c2c(=O)c1C(O)c1ccc(N=O)o1. The van der Waals surface area contributed by atoms with E-state index in [4.69, 9.17) is 8.83 Å². The van der Waals surface area contributed by atoms with E-state index in [1.165, 1.54) is 19.1 Å². The number of hydrogen-bond donors (Lipinski definition) is 4. The van der Waals surface area contributed by atoms with E-state index in [-0.39, 0.29) is 45.3 Å². The normalized spacial score (nSPS) is 20.8. The molecule has 0 saturated carbocycles. The molecule has 10 heteroatoms. The van der Waals surface area contributed by atoms with Crippen molar-refractivity contribution in [3.63, 3.8) is 0 Å². The van der Waals surface area contributed by atoms with Crippen LogP contribution in [0.3, 0.4) is 0 Å². The number of rotatable bonds is 4. The summed E-state index contributed by atoms with van der Waals surface area (Å²) in [6.45, 7) is 2.49.